The maximum Gasteiger partial charge on any atom is 0.308 e. The zero-order valence-electron chi connectivity index (χ0n) is 15.4. The number of carbonyl (C=O) groups is 1. The third kappa shape index (κ3) is 5.46. The lowest BCUT2D eigenvalue weighted by molar-refractivity contribution is -0.138. The molecular formula is C19H29NO4S. The van der Waals surface area contributed by atoms with E-state index in [9.17, 15) is 13.2 Å². The molecule has 0 unspecified atom stereocenters. The molecule has 1 aromatic carbocycles. The molecule has 0 aromatic heterocycles. The molecule has 1 aromatic rings. The lowest BCUT2D eigenvalue weighted by Gasteiger charge is -2.31. The molecule has 1 aliphatic rings. The fraction of sp³-hybridized carbons (Fsp3) is 0.632. The first kappa shape index (κ1) is 19.8. The van der Waals surface area contributed by atoms with Crippen LogP contribution in [0.1, 0.15) is 58.4 Å². The van der Waals surface area contributed by atoms with Crippen molar-refractivity contribution in [2.45, 2.75) is 65.5 Å². The van der Waals surface area contributed by atoms with Crippen molar-refractivity contribution < 1.29 is 17.4 Å². The monoisotopic (exact) mass is 367 g/mol. The van der Waals surface area contributed by atoms with Crippen molar-refractivity contribution in [3.8, 4) is 5.75 Å². The van der Waals surface area contributed by atoms with Crippen LogP contribution >= 0.6 is 0 Å². The summed E-state index contributed by atoms with van der Waals surface area (Å²) in [6.45, 7) is 6.17. The summed E-state index contributed by atoms with van der Waals surface area (Å²) in [5, 5.41) is 0. The quantitative estimate of drug-likeness (QED) is 0.657. The van der Waals surface area contributed by atoms with E-state index >= 15 is 0 Å². The first-order valence-corrected chi connectivity index (χ1v) is 10.8. The predicted octanol–water partition coefficient (Wildman–Crippen LogP) is 3.73. The van der Waals surface area contributed by atoms with E-state index in [2.05, 4.69) is 13.8 Å². The lowest BCUT2D eigenvalue weighted by atomic mass is 10.0. The van der Waals surface area contributed by atoms with Gasteiger partial charge in [-0.2, -0.15) is 8.42 Å². The number of rotatable bonds is 8. The molecule has 5 nitrogen and oxygen atoms in total. The normalized spacial score (nSPS) is 16.6. The zero-order valence-corrected chi connectivity index (χ0v) is 16.2. The van der Waals surface area contributed by atoms with Gasteiger partial charge in [-0.3, -0.25) is 4.79 Å². The van der Waals surface area contributed by atoms with Crippen LogP contribution in [0.25, 0.3) is 0 Å². The molecule has 0 saturated heterocycles. The minimum atomic E-state index is -3.55. The van der Waals surface area contributed by atoms with E-state index in [1.54, 1.807) is 25.1 Å². The highest BCUT2D eigenvalue weighted by atomic mass is 32.2. The van der Waals surface area contributed by atoms with Gasteiger partial charge in [-0.15, -0.1) is 0 Å². The van der Waals surface area contributed by atoms with Gasteiger partial charge in [0, 0.05) is 18.5 Å². The van der Waals surface area contributed by atoms with Gasteiger partial charge in [-0.25, -0.2) is 0 Å². The van der Waals surface area contributed by atoms with E-state index in [0.29, 0.717) is 12.3 Å². The number of benzene rings is 1. The maximum atomic E-state index is 12.9. The highest BCUT2D eigenvalue weighted by Crippen LogP contribution is 2.28. The average molecular weight is 368 g/mol. The molecule has 1 saturated carbocycles. The summed E-state index contributed by atoms with van der Waals surface area (Å²) < 4.78 is 28.4. The smallest absolute Gasteiger partial charge is 0.308 e. The summed E-state index contributed by atoms with van der Waals surface area (Å²) in [6, 6.07) is 7.16. The van der Waals surface area contributed by atoms with E-state index in [1.807, 2.05) is 11.0 Å². The second kappa shape index (κ2) is 8.70. The molecule has 1 atom stereocenters. The van der Waals surface area contributed by atoms with Gasteiger partial charge < -0.3 is 9.08 Å². The van der Waals surface area contributed by atoms with Crippen molar-refractivity contribution in [2.75, 3.05) is 5.75 Å². The van der Waals surface area contributed by atoms with Gasteiger partial charge in [0.2, 0.25) is 5.91 Å². The van der Waals surface area contributed by atoms with Gasteiger partial charge in [-0.05, 0) is 50.8 Å². The summed E-state index contributed by atoms with van der Waals surface area (Å²) in [6.07, 6.45) is 5.10. The maximum absolute atomic E-state index is 12.9. The van der Waals surface area contributed by atoms with Crippen LogP contribution in [-0.2, 0) is 21.5 Å². The molecule has 2 rings (SSSR count). The highest BCUT2D eigenvalue weighted by molar-refractivity contribution is 7.87. The molecule has 140 valence electrons. The fourth-order valence-corrected chi connectivity index (χ4v) is 3.69. The summed E-state index contributed by atoms with van der Waals surface area (Å²) in [5.41, 5.74) is 0.885. The number of hydrogen-bond acceptors (Lipinski definition) is 4. The van der Waals surface area contributed by atoms with Gasteiger partial charge in [-0.1, -0.05) is 31.9 Å². The van der Waals surface area contributed by atoms with Gasteiger partial charge >= 0.3 is 10.1 Å². The topological polar surface area (TPSA) is 63.7 Å². The Morgan fingerprint density at radius 1 is 1.28 bits per heavy atom. The Bertz CT molecular complexity index is 680. The van der Waals surface area contributed by atoms with Crippen molar-refractivity contribution in [1.29, 1.82) is 0 Å². The van der Waals surface area contributed by atoms with Crippen molar-refractivity contribution in [2.24, 2.45) is 5.92 Å². The highest BCUT2D eigenvalue weighted by Gasteiger charge is 2.29. The van der Waals surface area contributed by atoms with Crippen LogP contribution in [0.3, 0.4) is 0 Å². The third-order valence-electron chi connectivity index (χ3n) is 4.94. The van der Waals surface area contributed by atoms with Crippen molar-refractivity contribution in [3.05, 3.63) is 29.8 Å². The molecule has 1 amide bonds. The zero-order chi connectivity index (χ0) is 18.4. The molecule has 0 radical (unpaired) electrons. The van der Waals surface area contributed by atoms with E-state index in [-0.39, 0.29) is 23.6 Å². The van der Waals surface area contributed by atoms with E-state index < -0.39 is 10.1 Å². The summed E-state index contributed by atoms with van der Waals surface area (Å²) in [7, 11) is -3.55. The molecule has 0 bridgehead atoms. The van der Waals surface area contributed by atoms with Crippen LogP contribution in [0.5, 0.6) is 5.75 Å². The summed E-state index contributed by atoms with van der Waals surface area (Å²) >= 11 is 0. The Labute approximate surface area is 151 Å². The van der Waals surface area contributed by atoms with Crippen LogP contribution in [0.4, 0.5) is 0 Å². The number of hydrogen-bond donors (Lipinski definition) is 0. The minimum absolute atomic E-state index is 0.0730. The standard InChI is InChI=1S/C19H29NO4S/c1-4-15(3)20(19(21)17-10-6-7-11-17)14-16-9-8-12-18(13-16)24-25(22,23)5-2/h8-9,12-13,15,17H,4-7,10-11,14H2,1-3H3/t15-/m1/s1. The molecule has 6 heteroatoms. The minimum Gasteiger partial charge on any atom is -0.382 e. The van der Waals surface area contributed by atoms with Crippen LogP contribution in [0.15, 0.2) is 24.3 Å². The van der Waals surface area contributed by atoms with Crippen LogP contribution in [0, 0.1) is 5.92 Å². The van der Waals surface area contributed by atoms with E-state index in [4.69, 9.17) is 4.18 Å². The summed E-state index contributed by atoms with van der Waals surface area (Å²) in [5.74, 6) is 0.584. The molecular weight excluding hydrogens is 338 g/mol. The number of carbonyl (C=O) groups excluding carboxylic acids is 1. The Morgan fingerprint density at radius 3 is 2.56 bits per heavy atom. The SMILES string of the molecule is CC[C@@H](C)N(Cc1cccc(OS(=O)(=O)CC)c1)C(=O)C1CCCC1. The molecule has 25 heavy (non-hydrogen) atoms. The molecule has 0 heterocycles. The molecule has 0 spiro atoms. The Morgan fingerprint density at radius 2 is 1.96 bits per heavy atom. The van der Waals surface area contributed by atoms with Gasteiger partial charge in [0.05, 0.1) is 5.75 Å². The first-order chi connectivity index (χ1) is 11.9. The predicted molar refractivity (Wildman–Crippen MR) is 98.8 cm³/mol. The largest absolute Gasteiger partial charge is 0.382 e. The van der Waals surface area contributed by atoms with Crippen LogP contribution < -0.4 is 4.18 Å². The Balaban J connectivity index is 2.16. The lowest BCUT2D eigenvalue weighted by Crippen LogP contribution is -2.40. The van der Waals surface area contributed by atoms with Crippen molar-refractivity contribution >= 4 is 16.0 Å². The van der Waals surface area contributed by atoms with Gasteiger partial charge in [0.15, 0.2) is 0 Å². The number of amides is 1. The fourth-order valence-electron chi connectivity index (χ4n) is 3.18. The molecule has 1 aliphatic carbocycles. The number of nitrogens with zero attached hydrogens (tertiary/aromatic N) is 1. The molecule has 0 N–H and O–H groups in total. The third-order valence-corrected chi connectivity index (χ3v) is 6.09. The second-order valence-electron chi connectivity index (χ2n) is 6.78. The first-order valence-electron chi connectivity index (χ1n) is 9.17. The summed E-state index contributed by atoms with van der Waals surface area (Å²) in [4.78, 5) is 14.8. The van der Waals surface area contributed by atoms with Crippen molar-refractivity contribution in [3.63, 3.8) is 0 Å². The Hall–Kier alpha value is -1.56. The van der Waals surface area contributed by atoms with E-state index in [0.717, 1.165) is 37.7 Å². The van der Waals surface area contributed by atoms with Gasteiger partial charge in [0.25, 0.3) is 0 Å². The molecule has 0 aliphatic heterocycles. The second-order valence-corrected chi connectivity index (χ2v) is 8.64. The molecule has 1 fully saturated rings. The average Bonchev–Trinajstić information content (AvgIpc) is 3.13. The van der Waals surface area contributed by atoms with Crippen molar-refractivity contribution in [1.82, 2.24) is 4.90 Å². The van der Waals surface area contributed by atoms with E-state index in [1.165, 1.54) is 0 Å². The van der Waals surface area contributed by atoms with Crippen LogP contribution in [0.2, 0.25) is 0 Å². The van der Waals surface area contributed by atoms with Gasteiger partial charge in [0.1, 0.15) is 5.75 Å². The Kier molecular flexibility index (Phi) is 6.87. The van der Waals surface area contributed by atoms with Crippen LogP contribution in [-0.4, -0.2) is 31.0 Å².